The zero-order chi connectivity index (χ0) is 17.4. The van der Waals surface area contributed by atoms with Crippen molar-refractivity contribution >= 4 is 11.8 Å². The number of nitrogens with zero attached hydrogens (tertiary/aromatic N) is 4. The molecule has 2 saturated heterocycles. The van der Waals surface area contributed by atoms with Gasteiger partial charge in [-0.2, -0.15) is 5.10 Å². The summed E-state index contributed by atoms with van der Waals surface area (Å²) in [5.41, 5.74) is 1.14. The lowest BCUT2D eigenvalue weighted by molar-refractivity contribution is -0.136. The molecule has 2 aliphatic heterocycles. The summed E-state index contributed by atoms with van der Waals surface area (Å²) in [6.07, 6.45) is 11.0. The Balaban J connectivity index is 1.40. The largest absolute Gasteiger partial charge is 0.339 e. The number of aromatic nitrogens is 2. The molecule has 3 aliphatic rings. The van der Waals surface area contributed by atoms with Crippen molar-refractivity contribution in [3.05, 3.63) is 18.0 Å². The molecule has 4 rings (SSSR count). The molecule has 0 radical (unpaired) electrons. The van der Waals surface area contributed by atoms with Gasteiger partial charge in [-0.15, -0.1) is 0 Å². The SMILES string of the molecule is Cc1cnn(C[C@@H]2CCCN2C(=O)[C@H]2CC(=O)N(C3CCCC3)C2)c1. The van der Waals surface area contributed by atoms with Crippen LogP contribution in [0.25, 0.3) is 0 Å². The van der Waals surface area contributed by atoms with Crippen LogP contribution >= 0.6 is 0 Å². The van der Waals surface area contributed by atoms with Gasteiger partial charge in [-0.3, -0.25) is 14.3 Å². The minimum atomic E-state index is -0.145. The zero-order valence-electron chi connectivity index (χ0n) is 15.1. The topological polar surface area (TPSA) is 58.4 Å². The predicted molar refractivity (Wildman–Crippen MR) is 93.8 cm³/mol. The number of amides is 2. The molecule has 0 aromatic carbocycles. The van der Waals surface area contributed by atoms with Crippen molar-refractivity contribution in [3.63, 3.8) is 0 Å². The van der Waals surface area contributed by atoms with Crippen LogP contribution in [0, 0.1) is 12.8 Å². The van der Waals surface area contributed by atoms with Crippen LogP contribution < -0.4 is 0 Å². The quantitative estimate of drug-likeness (QED) is 0.839. The van der Waals surface area contributed by atoms with Crippen molar-refractivity contribution < 1.29 is 9.59 Å². The Hall–Kier alpha value is -1.85. The average Bonchev–Trinajstić information content (AvgIpc) is 3.34. The third-order valence-corrected chi connectivity index (χ3v) is 6.09. The first-order chi connectivity index (χ1) is 12.1. The number of hydrogen-bond acceptors (Lipinski definition) is 3. The van der Waals surface area contributed by atoms with E-state index in [1.54, 1.807) is 0 Å². The highest BCUT2D eigenvalue weighted by Crippen LogP contribution is 2.31. The van der Waals surface area contributed by atoms with E-state index >= 15 is 0 Å². The van der Waals surface area contributed by atoms with Gasteiger partial charge < -0.3 is 9.80 Å². The van der Waals surface area contributed by atoms with Gasteiger partial charge in [-0.25, -0.2) is 0 Å². The Morgan fingerprint density at radius 3 is 2.76 bits per heavy atom. The molecule has 3 heterocycles. The number of likely N-dealkylation sites (tertiary alicyclic amines) is 2. The van der Waals surface area contributed by atoms with Gasteiger partial charge in [0.1, 0.15) is 0 Å². The van der Waals surface area contributed by atoms with Gasteiger partial charge in [-0.05, 0) is 38.2 Å². The normalized spacial score (nSPS) is 27.6. The van der Waals surface area contributed by atoms with Gasteiger partial charge in [0.2, 0.25) is 11.8 Å². The Bertz CT molecular complexity index is 650. The lowest BCUT2D eigenvalue weighted by Crippen LogP contribution is -2.43. The molecule has 136 valence electrons. The lowest BCUT2D eigenvalue weighted by Gasteiger charge is -2.28. The summed E-state index contributed by atoms with van der Waals surface area (Å²) in [4.78, 5) is 29.5. The van der Waals surface area contributed by atoms with Crippen LogP contribution in [0.5, 0.6) is 0 Å². The van der Waals surface area contributed by atoms with Gasteiger partial charge in [-0.1, -0.05) is 12.8 Å². The average molecular weight is 344 g/mol. The van der Waals surface area contributed by atoms with Crippen LogP contribution in [0.2, 0.25) is 0 Å². The molecule has 25 heavy (non-hydrogen) atoms. The first kappa shape index (κ1) is 16.6. The molecular formula is C19H28N4O2. The summed E-state index contributed by atoms with van der Waals surface area (Å²) in [7, 11) is 0. The smallest absolute Gasteiger partial charge is 0.228 e. The molecule has 0 bridgehead atoms. The number of carbonyl (C=O) groups is 2. The predicted octanol–water partition coefficient (Wildman–Crippen LogP) is 1.97. The lowest BCUT2D eigenvalue weighted by atomic mass is 10.1. The molecule has 0 spiro atoms. The van der Waals surface area contributed by atoms with Gasteiger partial charge >= 0.3 is 0 Å². The summed E-state index contributed by atoms with van der Waals surface area (Å²) in [5, 5.41) is 4.36. The maximum absolute atomic E-state index is 13.1. The highest BCUT2D eigenvalue weighted by Gasteiger charge is 2.42. The monoisotopic (exact) mass is 344 g/mol. The van der Waals surface area contributed by atoms with Crippen molar-refractivity contribution in [2.45, 2.75) is 70.5 Å². The summed E-state index contributed by atoms with van der Waals surface area (Å²) in [6, 6.07) is 0.592. The molecular weight excluding hydrogens is 316 g/mol. The van der Waals surface area contributed by atoms with Crippen LogP contribution in [-0.4, -0.2) is 56.6 Å². The molecule has 2 amide bonds. The number of aryl methyl sites for hydroxylation is 1. The van der Waals surface area contributed by atoms with E-state index in [1.807, 2.05) is 33.8 Å². The molecule has 1 aliphatic carbocycles. The van der Waals surface area contributed by atoms with E-state index in [0.29, 0.717) is 19.0 Å². The molecule has 6 heteroatoms. The van der Waals surface area contributed by atoms with Gasteiger partial charge in [0, 0.05) is 31.7 Å². The second-order valence-corrected chi connectivity index (χ2v) is 7.95. The molecule has 0 N–H and O–H groups in total. The Kier molecular flexibility index (Phi) is 4.52. The molecule has 1 aromatic rings. The minimum Gasteiger partial charge on any atom is -0.339 e. The third-order valence-electron chi connectivity index (χ3n) is 6.09. The Morgan fingerprint density at radius 2 is 2.04 bits per heavy atom. The number of hydrogen-bond donors (Lipinski definition) is 0. The van der Waals surface area contributed by atoms with E-state index in [0.717, 1.165) is 44.3 Å². The number of carbonyl (C=O) groups excluding carboxylic acids is 2. The maximum Gasteiger partial charge on any atom is 0.228 e. The maximum atomic E-state index is 13.1. The first-order valence-electron chi connectivity index (χ1n) is 9.71. The van der Waals surface area contributed by atoms with E-state index < -0.39 is 0 Å². The van der Waals surface area contributed by atoms with Crippen LogP contribution in [0.4, 0.5) is 0 Å². The molecule has 2 atom stereocenters. The van der Waals surface area contributed by atoms with E-state index in [1.165, 1.54) is 12.8 Å². The van der Waals surface area contributed by atoms with Crippen LogP contribution in [0.3, 0.4) is 0 Å². The standard InChI is InChI=1S/C19H28N4O2/c1-14-10-20-21(11-14)13-17-7-4-8-22(17)19(25)15-9-18(24)23(12-15)16-5-2-3-6-16/h10-11,15-17H,2-9,12-13H2,1H3/t15-,17-/m0/s1. The molecule has 3 fully saturated rings. The summed E-state index contributed by atoms with van der Waals surface area (Å²) >= 11 is 0. The summed E-state index contributed by atoms with van der Waals surface area (Å²) in [6.45, 7) is 4.24. The summed E-state index contributed by atoms with van der Waals surface area (Å²) in [5.74, 6) is 0.219. The highest BCUT2D eigenvalue weighted by atomic mass is 16.2. The fourth-order valence-electron chi connectivity index (χ4n) is 4.80. The molecule has 0 unspecified atom stereocenters. The molecule has 1 aromatic heterocycles. The van der Waals surface area contributed by atoms with E-state index in [-0.39, 0.29) is 23.8 Å². The molecule has 1 saturated carbocycles. The van der Waals surface area contributed by atoms with Crippen LogP contribution in [-0.2, 0) is 16.1 Å². The van der Waals surface area contributed by atoms with Gasteiger partial charge in [0.05, 0.1) is 24.7 Å². The Morgan fingerprint density at radius 1 is 1.24 bits per heavy atom. The van der Waals surface area contributed by atoms with Crippen molar-refractivity contribution in [1.29, 1.82) is 0 Å². The zero-order valence-corrected chi connectivity index (χ0v) is 15.1. The fraction of sp³-hybridized carbons (Fsp3) is 0.737. The second-order valence-electron chi connectivity index (χ2n) is 7.95. The van der Waals surface area contributed by atoms with Crippen molar-refractivity contribution in [2.24, 2.45) is 5.92 Å². The number of rotatable bonds is 4. The van der Waals surface area contributed by atoms with E-state index in [4.69, 9.17) is 0 Å². The minimum absolute atomic E-state index is 0.145. The van der Waals surface area contributed by atoms with Crippen LogP contribution in [0.15, 0.2) is 12.4 Å². The fourth-order valence-corrected chi connectivity index (χ4v) is 4.80. The third kappa shape index (κ3) is 3.31. The van der Waals surface area contributed by atoms with Crippen LogP contribution in [0.1, 0.15) is 50.5 Å². The van der Waals surface area contributed by atoms with Crippen molar-refractivity contribution in [3.8, 4) is 0 Å². The van der Waals surface area contributed by atoms with E-state index in [2.05, 4.69) is 5.10 Å². The van der Waals surface area contributed by atoms with Crippen molar-refractivity contribution in [1.82, 2.24) is 19.6 Å². The second kappa shape index (κ2) is 6.81. The van der Waals surface area contributed by atoms with Gasteiger partial charge in [0.15, 0.2) is 0 Å². The summed E-state index contributed by atoms with van der Waals surface area (Å²) < 4.78 is 1.94. The Labute approximate surface area is 149 Å². The van der Waals surface area contributed by atoms with Crippen molar-refractivity contribution in [2.75, 3.05) is 13.1 Å². The van der Waals surface area contributed by atoms with E-state index in [9.17, 15) is 9.59 Å². The molecule has 6 nitrogen and oxygen atoms in total. The first-order valence-corrected chi connectivity index (χ1v) is 9.71. The highest BCUT2D eigenvalue weighted by molar-refractivity contribution is 5.89. The van der Waals surface area contributed by atoms with Gasteiger partial charge in [0.25, 0.3) is 0 Å².